The van der Waals surface area contributed by atoms with Gasteiger partial charge >= 0.3 is 6.18 Å². The number of rotatable bonds is 5. The van der Waals surface area contributed by atoms with Crippen LogP contribution >= 0.6 is 0 Å². The quantitative estimate of drug-likeness (QED) is 0.367. The summed E-state index contributed by atoms with van der Waals surface area (Å²) in [6.07, 6.45) is 1.86. The predicted molar refractivity (Wildman–Crippen MR) is 105 cm³/mol. The Balaban J connectivity index is 1.59. The van der Waals surface area contributed by atoms with E-state index in [0.717, 1.165) is 18.8 Å². The SMILES string of the molecule is CCCC1CCC(c2ccc(-c3ccc(C4CO4)c(F)c3C(F)(F)F)cc2)CC1. The Morgan fingerprint density at radius 1 is 0.966 bits per heavy atom. The van der Waals surface area contributed by atoms with E-state index in [4.69, 9.17) is 4.74 Å². The van der Waals surface area contributed by atoms with E-state index in [0.29, 0.717) is 11.5 Å². The second kappa shape index (κ2) is 8.10. The molecule has 2 aliphatic rings. The van der Waals surface area contributed by atoms with Crippen molar-refractivity contribution in [3.8, 4) is 11.1 Å². The predicted octanol–water partition coefficient (Wildman–Crippen LogP) is 7.66. The standard InChI is InChI=1S/C24H26F4O/c1-2-3-15-4-6-16(7-5-15)17-8-10-18(11-9-17)19-12-13-20(21-14-29-21)23(25)22(19)24(26,27)28/h8-13,15-16,21H,2-7,14H2,1H3. The molecular weight excluding hydrogens is 380 g/mol. The van der Waals surface area contributed by atoms with Crippen LogP contribution in [0, 0.1) is 11.7 Å². The minimum Gasteiger partial charge on any atom is -0.368 e. The number of hydrogen-bond acceptors (Lipinski definition) is 1. The second-order valence-electron chi connectivity index (χ2n) is 8.34. The summed E-state index contributed by atoms with van der Waals surface area (Å²) in [6.45, 7) is 2.48. The molecule has 1 atom stereocenters. The van der Waals surface area contributed by atoms with Gasteiger partial charge in [-0.05, 0) is 54.2 Å². The molecule has 0 N–H and O–H groups in total. The third-order valence-electron chi connectivity index (χ3n) is 6.37. The molecule has 1 unspecified atom stereocenters. The zero-order chi connectivity index (χ0) is 20.6. The van der Waals surface area contributed by atoms with E-state index >= 15 is 0 Å². The van der Waals surface area contributed by atoms with E-state index in [-0.39, 0.29) is 17.7 Å². The van der Waals surface area contributed by atoms with Crippen LogP contribution in [0.5, 0.6) is 0 Å². The molecule has 1 aliphatic heterocycles. The zero-order valence-electron chi connectivity index (χ0n) is 16.6. The van der Waals surface area contributed by atoms with Crippen molar-refractivity contribution >= 4 is 0 Å². The molecule has 0 bridgehead atoms. The molecule has 1 nitrogen and oxygen atoms in total. The van der Waals surface area contributed by atoms with E-state index in [9.17, 15) is 17.6 Å². The number of epoxide rings is 1. The lowest BCUT2D eigenvalue weighted by Crippen LogP contribution is -2.13. The summed E-state index contributed by atoms with van der Waals surface area (Å²) in [4.78, 5) is 0. The molecule has 156 valence electrons. The maximum atomic E-state index is 14.7. The number of halogens is 4. The monoisotopic (exact) mass is 406 g/mol. The molecule has 4 rings (SSSR count). The van der Waals surface area contributed by atoms with Crippen molar-refractivity contribution in [2.24, 2.45) is 5.92 Å². The fourth-order valence-corrected chi connectivity index (χ4v) is 4.71. The maximum Gasteiger partial charge on any atom is 0.419 e. The van der Waals surface area contributed by atoms with Gasteiger partial charge in [-0.1, -0.05) is 56.2 Å². The molecule has 2 aromatic rings. The fraction of sp³-hybridized carbons (Fsp3) is 0.500. The van der Waals surface area contributed by atoms with E-state index in [1.165, 1.54) is 43.4 Å². The summed E-state index contributed by atoms with van der Waals surface area (Å²) in [5, 5.41) is 0. The van der Waals surface area contributed by atoms with Crippen LogP contribution in [0.4, 0.5) is 17.6 Å². The first-order valence-corrected chi connectivity index (χ1v) is 10.5. The molecule has 0 amide bonds. The molecular formula is C24H26F4O. The van der Waals surface area contributed by atoms with Gasteiger partial charge in [0.05, 0.1) is 12.2 Å². The molecule has 1 saturated heterocycles. The lowest BCUT2D eigenvalue weighted by atomic mass is 9.77. The van der Waals surface area contributed by atoms with Gasteiger partial charge in [-0.25, -0.2) is 4.39 Å². The largest absolute Gasteiger partial charge is 0.419 e. The van der Waals surface area contributed by atoms with Gasteiger partial charge in [0.15, 0.2) is 0 Å². The van der Waals surface area contributed by atoms with Gasteiger partial charge in [0.25, 0.3) is 0 Å². The lowest BCUT2D eigenvalue weighted by molar-refractivity contribution is -0.139. The van der Waals surface area contributed by atoms with Crippen molar-refractivity contribution in [1.29, 1.82) is 0 Å². The van der Waals surface area contributed by atoms with Crippen LogP contribution in [0.2, 0.25) is 0 Å². The number of benzene rings is 2. The first kappa shape index (κ1) is 20.4. The van der Waals surface area contributed by atoms with Crippen molar-refractivity contribution < 1.29 is 22.3 Å². The van der Waals surface area contributed by atoms with Crippen LogP contribution in [-0.2, 0) is 10.9 Å². The summed E-state index contributed by atoms with van der Waals surface area (Å²) in [5.74, 6) is 0.0583. The van der Waals surface area contributed by atoms with E-state index in [1.807, 2.05) is 12.1 Å². The Kier molecular flexibility index (Phi) is 5.69. The van der Waals surface area contributed by atoms with Gasteiger partial charge in [-0.2, -0.15) is 13.2 Å². The zero-order valence-corrected chi connectivity index (χ0v) is 16.6. The van der Waals surface area contributed by atoms with E-state index in [2.05, 4.69) is 6.92 Å². The summed E-state index contributed by atoms with van der Waals surface area (Å²) in [6, 6.07) is 10.0. The van der Waals surface area contributed by atoms with Crippen LogP contribution in [0.1, 0.15) is 74.2 Å². The van der Waals surface area contributed by atoms with Gasteiger partial charge in [-0.3, -0.25) is 0 Å². The Morgan fingerprint density at radius 3 is 2.17 bits per heavy atom. The molecule has 1 saturated carbocycles. The molecule has 1 heterocycles. The maximum absolute atomic E-state index is 14.7. The molecule has 2 fully saturated rings. The first-order valence-electron chi connectivity index (χ1n) is 10.5. The highest BCUT2D eigenvalue weighted by atomic mass is 19.4. The Morgan fingerprint density at radius 2 is 1.62 bits per heavy atom. The summed E-state index contributed by atoms with van der Waals surface area (Å²) < 4.78 is 60.6. The minimum absolute atomic E-state index is 0.0125. The van der Waals surface area contributed by atoms with Crippen molar-refractivity contribution in [3.05, 3.63) is 58.9 Å². The number of hydrogen-bond donors (Lipinski definition) is 0. The third-order valence-corrected chi connectivity index (χ3v) is 6.37. The highest BCUT2D eigenvalue weighted by Gasteiger charge is 2.40. The minimum atomic E-state index is -4.76. The van der Waals surface area contributed by atoms with Crippen molar-refractivity contribution in [2.45, 2.75) is 63.6 Å². The second-order valence-corrected chi connectivity index (χ2v) is 8.34. The fourth-order valence-electron chi connectivity index (χ4n) is 4.71. The molecule has 0 radical (unpaired) electrons. The Bertz CT molecular complexity index is 844. The highest BCUT2D eigenvalue weighted by Crippen LogP contribution is 2.44. The van der Waals surface area contributed by atoms with Gasteiger partial charge in [0.1, 0.15) is 11.9 Å². The van der Waals surface area contributed by atoms with Crippen LogP contribution in [0.25, 0.3) is 11.1 Å². The van der Waals surface area contributed by atoms with Crippen molar-refractivity contribution in [2.75, 3.05) is 6.61 Å². The normalized spacial score (nSPS) is 24.5. The molecule has 29 heavy (non-hydrogen) atoms. The van der Waals surface area contributed by atoms with Crippen LogP contribution in [-0.4, -0.2) is 6.61 Å². The summed E-state index contributed by atoms with van der Waals surface area (Å²) in [7, 11) is 0. The molecule has 1 aliphatic carbocycles. The smallest absolute Gasteiger partial charge is 0.368 e. The molecule has 5 heteroatoms. The lowest BCUT2D eigenvalue weighted by Gasteiger charge is -2.28. The van der Waals surface area contributed by atoms with Gasteiger partial charge < -0.3 is 4.74 Å². The Hall–Kier alpha value is -1.88. The number of ether oxygens (including phenoxy) is 1. The van der Waals surface area contributed by atoms with Crippen LogP contribution in [0.15, 0.2) is 36.4 Å². The Labute approximate surface area is 169 Å². The average molecular weight is 406 g/mol. The average Bonchev–Trinajstić information content (AvgIpc) is 3.53. The number of alkyl halides is 3. The first-order chi connectivity index (χ1) is 13.9. The summed E-state index contributed by atoms with van der Waals surface area (Å²) in [5.41, 5.74) is 0.237. The van der Waals surface area contributed by atoms with E-state index in [1.54, 1.807) is 12.1 Å². The molecule has 2 aromatic carbocycles. The van der Waals surface area contributed by atoms with Crippen molar-refractivity contribution in [3.63, 3.8) is 0 Å². The molecule has 0 aromatic heterocycles. The van der Waals surface area contributed by atoms with Crippen LogP contribution in [0.3, 0.4) is 0 Å². The van der Waals surface area contributed by atoms with Gasteiger partial charge in [0.2, 0.25) is 0 Å². The van der Waals surface area contributed by atoms with Crippen LogP contribution < -0.4 is 0 Å². The summed E-state index contributed by atoms with van der Waals surface area (Å²) >= 11 is 0. The van der Waals surface area contributed by atoms with E-state index < -0.39 is 23.7 Å². The van der Waals surface area contributed by atoms with Gasteiger partial charge in [0, 0.05) is 5.56 Å². The topological polar surface area (TPSA) is 12.5 Å². The third kappa shape index (κ3) is 4.35. The highest BCUT2D eigenvalue weighted by molar-refractivity contribution is 5.69. The molecule has 0 spiro atoms. The van der Waals surface area contributed by atoms with Gasteiger partial charge in [-0.15, -0.1) is 0 Å². The van der Waals surface area contributed by atoms with Crippen molar-refractivity contribution in [1.82, 2.24) is 0 Å².